The van der Waals surface area contributed by atoms with Gasteiger partial charge in [-0.15, -0.1) is 0 Å². The largest absolute Gasteiger partial charge is 0.351 e. The number of fused-ring (bicyclic) bond motifs is 1. The zero-order valence-corrected chi connectivity index (χ0v) is 25.7. The Morgan fingerprint density at radius 2 is 1.70 bits per heavy atom. The predicted octanol–water partition coefficient (Wildman–Crippen LogP) is 8.80. The summed E-state index contributed by atoms with van der Waals surface area (Å²) in [7, 11) is 2.01. The number of aliphatic imine (C=N–C) groups is 1. The minimum atomic E-state index is 0.921. The molecule has 0 bridgehead atoms. The summed E-state index contributed by atoms with van der Waals surface area (Å²) in [4.78, 5) is 9.36. The Morgan fingerprint density at radius 3 is 2.43 bits per heavy atom. The van der Waals surface area contributed by atoms with Crippen LogP contribution in [-0.2, 0) is 7.05 Å². The number of aryl methyl sites for hydroxylation is 1. The fourth-order valence-corrected chi connectivity index (χ4v) is 6.11. The third kappa shape index (κ3) is 5.45. The molecule has 0 amide bonds. The molecule has 3 nitrogen and oxygen atoms in total. The lowest BCUT2D eigenvalue weighted by molar-refractivity contribution is 0.890. The lowest BCUT2D eigenvalue weighted by Crippen LogP contribution is -2.27. The van der Waals surface area contributed by atoms with Gasteiger partial charge in [-0.1, -0.05) is 86.0 Å². The van der Waals surface area contributed by atoms with Crippen molar-refractivity contribution in [3.8, 4) is 22.3 Å². The molecule has 6 rings (SSSR count). The first-order valence-corrected chi connectivity index (χ1v) is 15.1. The van der Waals surface area contributed by atoms with Gasteiger partial charge < -0.3 is 4.57 Å². The van der Waals surface area contributed by atoms with Gasteiger partial charge in [0.2, 0.25) is 0 Å². The number of pyridine rings is 1. The molecule has 3 heteroatoms. The number of hydrogen-bond acceptors (Lipinski definition) is 2. The highest BCUT2D eigenvalue weighted by molar-refractivity contribution is 5.98. The fraction of sp³-hybridized carbons (Fsp3) is 0.122. The summed E-state index contributed by atoms with van der Waals surface area (Å²) in [5.74, 6) is 0. The monoisotopic (exact) mass is 571 g/mol. The molecule has 216 valence electrons. The molecule has 44 heavy (non-hydrogen) atoms. The molecular weight excluding hydrogens is 534 g/mol. The van der Waals surface area contributed by atoms with E-state index in [1.807, 2.05) is 49.4 Å². The third-order valence-electron chi connectivity index (χ3n) is 8.47. The van der Waals surface area contributed by atoms with Crippen molar-refractivity contribution >= 4 is 34.8 Å². The topological polar surface area (TPSA) is 30.2 Å². The minimum Gasteiger partial charge on any atom is -0.351 e. The van der Waals surface area contributed by atoms with E-state index in [9.17, 15) is 0 Å². The van der Waals surface area contributed by atoms with Gasteiger partial charge in [0.05, 0.1) is 5.70 Å². The first-order valence-electron chi connectivity index (χ1n) is 15.1. The average molecular weight is 572 g/mol. The van der Waals surface area contributed by atoms with Gasteiger partial charge in [-0.25, -0.2) is 0 Å². The molecule has 0 saturated carbocycles. The number of benzene rings is 3. The SMILES string of the molecule is C=CC1=C(/C(=C\C)c2cc(-c3ccc(/C(N=CC)=c4\ccn(C)c4=C)cc3)cc(-c3cncc4ccccc34)c2)C=CCC1. The summed E-state index contributed by atoms with van der Waals surface area (Å²) in [5, 5.41) is 4.30. The smallest absolute Gasteiger partial charge is 0.0791 e. The van der Waals surface area contributed by atoms with Crippen molar-refractivity contribution in [3.05, 3.63) is 155 Å². The predicted molar refractivity (Wildman–Crippen MR) is 189 cm³/mol. The second kappa shape index (κ2) is 12.5. The standard InChI is InChI=1S/C41H37N3/c1-6-29-13-9-11-15-38(29)36(7-2)34-23-33(24-35(25-34)40-27-42-26-32-14-10-12-16-39(32)40)30-17-19-31(20-18-30)41(43-8-3)37-21-22-44(5)28(37)4/h6-8,10-12,14-27H,1,4,9,13H2,2-3,5H3/b36-7-,41-37-,43-8?. The zero-order valence-electron chi connectivity index (χ0n) is 25.7. The van der Waals surface area contributed by atoms with Gasteiger partial charge in [-0.3, -0.25) is 9.98 Å². The van der Waals surface area contributed by atoms with Gasteiger partial charge in [0, 0.05) is 58.9 Å². The molecule has 0 unspecified atom stereocenters. The van der Waals surface area contributed by atoms with Crippen LogP contribution in [0.5, 0.6) is 0 Å². The quantitative estimate of drug-likeness (QED) is 0.180. The van der Waals surface area contributed by atoms with E-state index in [1.165, 1.54) is 27.7 Å². The first-order chi connectivity index (χ1) is 21.5. The molecule has 5 aromatic rings. The number of rotatable bonds is 7. The van der Waals surface area contributed by atoms with Crippen molar-refractivity contribution in [2.45, 2.75) is 26.7 Å². The van der Waals surface area contributed by atoms with Crippen molar-refractivity contribution in [2.75, 3.05) is 0 Å². The molecule has 0 saturated heterocycles. The van der Waals surface area contributed by atoms with E-state index in [1.54, 1.807) is 0 Å². The van der Waals surface area contributed by atoms with E-state index in [2.05, 4.69) is 116 Å². The summed E-state index contributed by atoms with van der Waals surface area (Å²) in [5.41, 5.74) is 11.4. The van der Waals surface area contributed by atoms with Crippen LogP contribution in [-0.4, -0.2) is 15.8 Å². The lowest BCUT2D eigenvalue weighted by Gasteiger charge is -2.19. The summed E-state index contributed by atoms with van der Waals surface area (Å²) < 4.78 is 2.03. The van der Waals surface area contributed by atoms with Crippen LogP contribution in [0.3, 0.4) is 0 Å². The molecular formula is C41H37N3. The summed E-state index contributed by atoms with van der Waals surface area (Å²) in [6.45, 7) is 12.5. The molecule has 1 aliphatic rings. The Hall–Kier alpha value is -5.28. The first kappa shape index (κ1) is 28.8. The molecule has 3 aromatic carbocycles. The molecule has 0 fully saturated rings. The van der Waals surface area contributed by atoms with Crippen LogP contribution in [0.4, 0.5) is 0 Å². The van der Waals surface area contributed by atoms with Crippen LogP contribution < -0.4 is 10.6 Å². The van der Waals surface area contributed by atoms with E-state index in [0.717, 1.165) is 62.3 Å². The molecule has 0 aliphatic heterocycles. The highest BCUT2D eigenvalue weighted by Crippen LogP contribution is 2.38. The Balaban J connectivity index is 1.54. The lowest BCUT2D eigenvalue weighted by atomic mass is 9.85. The Kier molecular flexibility index (Phi) is 8.21. The van der Waals surface area contributed by atoms with E-state index < -0.39 is 0 Å². The van der Waals surface area contributed by atoms with Crippen LogP contribution in [0.25, 0.3) is 50.9 Å². The van der Waals surface area contributed by atoms with Gasteiger partial charge in [0.25, 0.3) is 0 Å². The molecule has 1 aliphatic carbocycles. The third-order valence-corrected chi connectivity index (χ3v) is 8.47. The van der Waals surface area contributed by atoms with Crippen molar-refractivity contribution < 1.29 is 0 Å². The van der Waals surface area contributed by atoms with E-state index >= 15 is 0 Å². The zero-order chi connectivity index (χ0) is 30.6. The van der Waals surface area contributed by atoms with Gasteiger partial charge in [0.1, 0.15) is 0 Å². The maximum absolute atomic E-state index is 4.74. The maximum Gasteiger partial charge on any atom is 0.0791 e. The molecule has 0 radical (unpaired) electrons. The summed E-state index contributed by atoms with van der Waals surface area (Å²) in [6, 6.07) is 26.2. The minimum absolute atomic E-state index is 0.921. The highest BCUT2D eigenvalue weighted by Gasteiger charge is 2.16. The van der Waals surface area contributed by atoms with Gasteiger partial charge in [-0.2, -0.15) is 0 Å². The average Bonchev–Trinajstić information content (AvgIpc) is 3.40. The molecule has 0 atom stereocenters. The summed E-state index contributed by atoms with van der Waals surface area (Å²) in [6.07, 6.45) is 18.6. The normalized spacial score (nSPS) is 14.5. The van der Waals surface area contributed by atoms with Crippen LogP contribution in [0, 0.1) is 0 Å². The molecule has 0 N–H and O–H groups in total. The van der Waals surface area contributed by atoms with Crippen LogP contribution in [0.15, 0.2) is 138 Å². The van der Waals surface area contributed by atoms with E-state index in [4.69, 9.17) is 4.99 Å². The fourth-order valence-electron chi connectivity index (χ4n) is 6.11. The second-order valence-electron chi connectivity index (χ2n) is 11.1. The number of allylic oxidation sites excluding steroid dienone is 7. The second-order valence-corrected chi connectivity index (χ2v) is 11.1. The van der Waals surface area contributed by atoms with Gasteiger partial charge >= 0.3 is 0 Å². The Bertz CT molecular complexity index is 2110. The number of nitrogens with zero attached hydrogens (tertiary/aromatic N) is 3. The van der Waals surface area contributed by atoms with Crippen molar-refractivity contribution in [3.63, 3.8) is 0 Å². The van der Waals surface area contributed by atoms with Gasteiger partial charge in [-0.05, 0) is 95.3 Å². The van der Waals surface area contributed by atoms with E-state index in [0.29, 0.717) is 0 Å². The van der Waals surface area contributed by atoms with Crippen molar-refractivity contribution in [2.24, 2.45) is 12.0 Å². The molecule has 2 aromatic heterocycles. The van der Waals surface area contributed by atoms with Crippen molar-refractivity contribution in [1.82, 2.24) is 9.55 Å². The Morgan fingerprint density at radius 1 is 0.909 bits per heavy atom. The van der Waals surface area contributed by atoms with Crippen molar-refractivity contribution in [1.29, 1.82) is 0 Å². The summed E-state index contributed by atoms with van der Waals surface area (Å²) >= 11 is 0. The van der Waals surface area contributed by atoms with Crippen LogP contribution in [0.2, 0.25) is 0 Å². The van der Waals surface area contributed by atoms with Crippen LogP contribution >= 0.6 is 0 Å². The highest BCUT2D eigenvalue weighted by atomic mass is 14.9. The maximum atomic E-state index is 4.74. The molecule has 0 spiro atoms. The number of aromatic nitrogens is 2. The van der Waals surface area contributed by atoms with E-state index in [-0.39, 0.29) is 0 Å². The van der Waals surface area contributed by atoms with Gasteiger partial charge in [0.15, 0.2) is 0 Å². The number of hydrogen-bond donors (Lipinski definition) is 0. The van der Waals surface area contributed by atoms with Crippen LogP contribution in [0.1, 0.15) is 37.8 Å². The Labute approximate surface area is 260 Å². The molecule has 2 heterocycles.